The number of aryl methyl sites for hydroxylation is 1. The molecular formula is C22H16F3N3S. The van der Waals surface area contributed by atoms with Crippen molar-refractivity contribution in [2.24, 2.45) is 0 Å². The molecule has 3 nitrogen and oxygen atoms in total. The van der Waals surface area contributed by atoms with Crippen LogP contribution in [0.4, 0.5) is 13.2 Å². The number of halogens is 3. The van der Waals surface area contributed by atoms with Gasteiger partial charge in [0.1, 0.15) is 17.5 Å². The monoisotopic (exact) mass is 411 g/mol. The molecule has 146 valence electrons. The van der Waals surface area contributed by atoms with Crippen LogP contribution in [0.2, 0.25) is 0 Å². The fourth-order valence-electron chi connectivity index (χ4n) is 2.98. The molecule has 0 saturated heterocycles. The molecule has 0 atom stereocenters. The third-order valence-corrected chi connectivity index (χ3v) is 5.43. The van der Waals surface area contributed by atoms with Gasteiger partial charge in [0.15, 0.2) is 11.0 Å². The van der Waals surface area contributed by atoms with Crippen LogP contribution in [-0.2, 0) is 5.75 Å². The highest BCUT2D eigenvalue weighted by Crippen LogP contribution is 2.31. The molecule has 4 rings (SSSR count). The van der Waals surface area contributed by atoms with E-state index >= 15 is 0 Å². The van der Waals surface area contributed by atoms with E-state index in [9.17, 15) is 13.2 Å². The average molecular weight is 411 g/mol. The lowest BCUT2D eigenvalue weighted by Crippen LogP contribution is -2.02. The van der Waals surface area contributed by atoms with E-state index in [4.69, 9.17) is 0 Å². The molecule has 1 heterocycles. The molecule has 0 aliphatic rings. The van der Waals surface area contributed by atoms with E-state index in [0.717, 1.165) is 23.4 Å². The summed E-state index contributed by atoms with van der Waals surface area (Å²) >= 11 is 1.25. The van der Waals surface area contributed by atoms with Crippen molar-refractivity contribution in [2.45, 2.75) is 17.8 Å². The quantitative estimate of drug-likeness (QED) is 0.380. The minimum atomic E-state index is -0.491. The maximum atomic E-state index is 14.0. The predicted octanol–water partition coefficient (Wildman–Crippen LogP) is 5.95. The van der Waals surface area contributed by atoms with Gasteiger partial charge in [-0.2, -0.15) is 0 Å². The molecule has 0 amide bonds. The van der Waals surface area contributed by atoms with Crippen LogP contribution in [0.5, 0.6) is 0 Å². The smallest absolute Gasteiger partial charge is 0.196 e. The third kappa shape index (κ3) is 4.05. The number of hydrogen-bond acceptors (Lipinski definition) is 3. The summed E-state index contributed by atoms with van der Waals surface area (Å²) in [4.78, 5) is 0. The predicted molar refractivity (Wildman–Crippen MR) is 107 cm³/mol. The van der Waals surface area contributed by atoms with Gasteiger partial charge in [0.2, 0.25) is 0 Å². The molecule has 0 radical (unpaired) electrons. The molecule has 0 aliphatic carbocycles. The summed E-state index contributed by atoms with van der Waals surface area (Å²) < 4.78 is 42.7. The molecule has 0 saturated carbocycles. The number of rotatable bonds is 5. The van der Waals surface area contributed by atoms with Crippen molar-refractivity contribution < 1.29 is 13.2 Å². The van der Waals surface area contributed by atoms with Crippen LogP contribution < -0.4 is 0 Å². The summed E-state index contributed by atoms with van der Waals surface area (Å²) in [6.07, 6.45) is 0. The second-order valence-corrected chi connectivity index (χ2v) is 7.40. The Bertz CT molecular complexity index is 1160. The zero-order valence-electron chi connectivity index (χ0n) is 15.4. The van der Waals surface area contributed by atoms with Crippen LogP contribution in [0.15, 0.2) is 71.9 Å². The normalized spacial score (nSPS) is 11.0. The Kier molecular flexibility index (Phi) is 5.40. The van der Waals surface area contributed by atoms with E-state index in [2.05, 4.69) is 10.2 Å². The second kappa shape index (κ2) is 8.13. The van der Waals surface area contributed by atoms with Crippen molar-refractivity contribution in [3.8, 4) is 17.1 Å². The maximum Gasteiger partial charge on any atom is 0.196 e. The Morgan fingerprint density at radius 1 is 0.862 bits per heavy atom. The first kappa shape index (κ1) is 19.3. The van der Waals surface area contributed by atoms with Crippen LogP contribution in [0.1, 0.15) is 11.1 Å². The number of thioether (sulfide) groups is 1. The topological polar surface area (TPSA) is 30.7 Å². The van der Waals surface area contributed by atoms with Crippen LogP contribution in [0.3, 0.4) is 0 Å². The summed E-state index contributed by atoms with van der Waals surface area (Å²) in [5, 5.41) is 9.08. The summed E-state index contributed by atoms with van der Waals surface area (Å²) in [5.41, 5.74) is 2.80. The van der Waals surface area contributed by atoms with Gasteiger partial charge in [0.25, 0.3) is 0 Å². The molecule has 0 unspecified atom stereocenters. The molecule has 4 aromatic rings. The minimum absolute atomic E-state index is 0.191. The first-order chi connectivity index (χ1) is 14.0. The highest BCUT2D eigenvalue weighted by molar-refractivity contribution is 7.98. The van der Waals surface area contributed by atoms with Gasteiger partial charge in [-0.3, -0.25) is 4.57 Å². The van der Waals surface area contributed by atoms with Crippen LogP contribution in [0.25, 0.3) is 17.1 Å². The summed E-state index contributed by atoms with van der Waals surface area (Å²) in [7, 11) is 0. The van der Waals surface area contributed by atoms with Crippen LogP contribution in [0, 0.1) is 24.4 Å². The van der Waals surface area contributed by atoms with Crippen LogP contribution in [-0.4, -0.2) is 14.8 Å². The van der Waals surface area contributed by atoms with Crippen molar-refractivity contribution in [3.05, 3.63) is 95.3 Å². The van der Waals surface area contributed by atoms with Gasteiger partial charge >= 0.3 is 0 Å². The fourth-order valence-corrected chi connectivity index (χ4v) is 3.90. The first-order valence-electron chi connectivity index (χ1n) is 8.87. The van der Waals surface area contributed by atoms with Crippen molar-refractivity contribution >= 4 is 11.8 Å². The van der Waals surface area contributed by atoms with E-state index in [-0.39, 0.29) is 17.1 Å². The maximum absolute atomic E-state index is 14.0. The Balaban J connectivity index is 1.77. The summed E-state index contributed by atoms with van der Waals surface area (Å²) in [6, 6.07) is 17.1. The Hall–Kier alpha value is -3.06. The van der Waals surface area contributed by atoms with Crippen molar-refractivity contribution in [1.29, 1.82) is 0 Å². The molecule has 0 bridgehead atoms. The third-order valence-electron chi connectivity index (χ3n) is 4.46. The van der Waals surface area contributed by atoms with Gasteiger partial charge < -0.3 is 0 Å². The SMILES string of the molecule is Cc1ccccc1-n1c(SCc2cc(F)ccc2F)nnc1-c1ccc(F)cc1. The van der Waals surface area contributed by atoms with Gasteiger partial charge in [-0.1, -0.05) is 30.0 Å². The molecule has 1 aromatic heterocycles. The van der Waals surface area contributed by atoms with Gasteiger partial charge in [0, 0.05) is 16.9 Å². The van der Waals surface area contributed by atoms with Gasteiger partial charge in [-0.25, -0.2) is 13.2 Å². The average Bonchev–Trinajstić information content (AvgIpc) is 3.13. The number of hydrogen-bond donors (Lipinski definition) is 0. The number of benzene rings is 3. The molecule has 7 heteroatoms. The largest absolute Gasteiger partial charge is 0.270 e. The van der Waals surface area contributed by atoms with Gasteiger partial charge in [-0.05, 0) is 61.0 Å². The standard InChI is InChI=1S/C22H16F3N3S/c1-14-4-2-3-5-20(14)28-21(15-6-8-17(23)9-7-15)26-27-22(28)29-13-16-12-18(24)10-11-19(16)25/h2-12H,13H2,1H3. The van der Waals surface area contributed by atoms with E-state index in [1.807, 2.05) is 35.8 Å². The highest BCUT2D eigenvalue weighted by atomic mass is 32.2. The fraction of sp³-hybridized carbons (Fsp3) is 0.0909. The van der Waals surface area contributed by atoms with Crippen molar-refractivity contribution in [3.63, 3.8) is 0 Å². The van der Waals surface area contributed by atoms with E-state index in [1.54, 1.807) is 12.1 Å². The zero-order valence-corrected chi connectivity index (χ0v) is 16.3. The molecule has 0 spiro atoms. The van der Waals surface area contributed by atoms with Gasteiger partial charge in [0.05, 0.1) is 5.69 Å². The number of nitrogens with zero attached hydrogens (tertiary/aromatic N) is 3. The highest BCUT2D eigenvalue weighted by Gasteiger charge is 2.18. The number of para-hydroxylation sites is 1. The molecule has 29 heavy (non-hydrogen) atoms. The van der Waals surface area contributed by atoms with E-state index in [1.165, 1.54) is 30.0 Å². The Labute approximate surface area is 170 Å². The Morgan fingerprint density at radius 2 is 1.59 bits per heavy atom. The Morgan fingerprint density at radius 3 is 2.34 bits per heavy atom. The van der Waals surface area contributed by atoms with Crippen molar-refractivity contribution in [2.75, 3.05) is 0 Å². The molecule has 0 fully saturated rings. The van der Waals surface area contributed by atoms with Crippen LogP contribution >= 0.6 is 11.8 Å². The first-order valence-corrected chi connectivity index (χ1v) is 9.85. The lowest BCUT2D eigenvalue weighted by molar-refractivity contribution is 0.591. The second-order valence-electron chi connectivity index (χ2n) is 6.46. The zero-order chi connectivity index (χ0) is 20.4. The molecule has 0 aliphatic heterocycles. The minimum Gasteiger partial charge on any atom is -0.270 e. The number of aromatic nitrogens is 3. The molecule has 0 N–H and O–H groups in total. The van der Waals surface area contributed by atoms with E-state index in [0.29, 0.717) is 16.5 Å². The lowest BCUT2D eigenvalue weighted by atomic mass is 10.1. The van der Waals surface area contributed by atoms with E-state index < -0.39 is 11.6 Å². The van der Waals surface area contributed by atoms with Gasteiger partial charge in [-0.15, -0.1) is 10.2 Å². The molecule has 3 aromatic carbocycles. The summed E-state index contributed by atoms with van der Waals surface area (Å²) in [5.74, 6) is -0.570. The lowest BCUT2D eigenvalue weighted by Gasteiger charge is -2.13. The molecular weight excluding hydrogens is 395 g/mol. The van der Waals surface area contributed by atoms with Crippen molar-refractivity contribution in [1.82, 2.24) is 14.8 Å². The summed E-state index contributed by atoms with van der Waals surface area (Å²) in [6.45, 7) is 1.96.